The van der Waals surface area contributed by atoms with Crippen LogP contribution in [0.25, 0.3) is 54.3 Å². The van der Waals surface area contributed by atoms with E-state index < -0.39 is 8.07 Å². The van der Waals surface area contributed by atoms with Crippen molar-refractivity contribution in [3.63, 3.8) is 0 Å². The van der Waals surface area contributed by atoms with E-state index in [1.807, 2.05) is 24.3 Å². The molecular formula is C43H26N2O2Si. The summed E-state index contributed by atoms with van der Waals surface area (Å²) in [6, 6.07) is 55.5. The fourth-order valence-corrected chi connectivity index (χ4v) is 13.0. The zero-order valence-electron chi connectivity index (χ0n) is 25.7. The van der Waals surface area contributed by atoms with Gasteiger partial charge in [0.2, 0.25) is 5.69 Å². The van der Waals surface area contributed by atoms with Gasteiger partial charge in [-0.3, -0.25) is 0 Å². The summed E-state index contributed by atoms with van der Waals surface area (Å²) in [7, 11) is -2.95. The molecule has 0 unspecified atom stereocenters. The quantitative estimate of drug-likeness (QED) is 0.144. The van der Waals surface area contributed by atoms with Crippen molar-refractivity contribution in [3.8, 4) is 17.2 Å². The Morgan fingerprint density at radius 3 is 1.96 bits per heavy atom. The zero-order chi connectivity index (χ0) is 31.8. The molecule has 7 aromatic carbocycles. The number of hydrogen-bond acceptors (Lipinski definition) is 2. The normalized spacial score (nSPS) is 13.3. The van der Waals surface area contributed by atoms with E-state index in [0.717, 1.165) is 60.4 Å². The van der Waals surface area contributed by atoms with Crippen LogP contribution in [0, 0.1) is 6.57 Å². The summed E-state index contributed by atoms with van der Waals surface area (Å²) >= 11 is 0. The van der Waals surface area contributed by atoms with Crippen molar-refractivity contribution < 1.29 is 9.15 Å². The molecule has 0 bridgehead atoms. The van der Waals surface area contributed by atoms with Gasteiger partial charge in [0.05, 0.1) is 23.0 Å². The van der Waals surface area contributed by atoms with Crippen LogP contribution in [0.1, 0.15) is 0 Å². The minimum Gasteiger partial charge on any atom is -0.468 e. The molecule has 48 heavy (non-hydrogen) atoms. The summed E-state index contributed by atoms with van der Waals surface area (Å²) in [5.41, 5.74) is 5.47. The predicted molar refractivity (Wildman–Crippen MR) is 198 cm³/mol. The topological polar surface area (TPSA) is 31.7 Å². The highest BCUT2D eigenvalue weighted by atomic mass is 28.3. The molecule has 0 amide bonds. The standard InChI is InChI=1S/C43H26N2O2Si/c1-44-34-19-12-22-39-42(34)47-43-40(48(39,29-13-4-2-5-14-29)30-15-6-3-7-16-30)26-24-36-41(43)32-18-8-10-20-35(32)45(36)28-23-25-38-33(27-28)31-17-9-11-21-37(31)46-38/h2-27H. The average molecular weight is 631 g/mol. The Bertz CT molecular complexity index is 2730. The number of aromatic nitrogens is 1. The Balaban J connectivity index is 1.35. The molecule has 0 spiro atoms. The van der Waals surface area contributed by atoms with Crippen molar-refractivity contribution in [2.24, 2.45) is 0 Å². The monoisotopic (exact) mass is 630 g/mol. The van der Waals surface area contributed by atoms with Gasteiger partial charge < -0.3 is 13.7 Å². The summed E-state index contributed by atoms with van der Waals surface area (Å²) < 4.78 is 15.6. The van der Waals surface area contributed by atoms with Crippen molar-refractivity contribution in [1.29, 1.82) is 0 Å². The molecule has 0 radical (unpaired) electrons. The molecule has 2 aromatic heterocycles. The summed E-state index contributed by atoms with van der Waals surface area (Å²) in [4.78, 5) is 3.99. The minimum absolute atomic E-state index is 0.528. The third kappa shape index (κ3) is 3.52. The Morgan fingerprint density at radius 2 is 1.19 bits per heavy atom. The lowest BCUT2D eigenvalue weighted by Crippen LogP contribution is -2.76. The third-order valence-corrected chi connectivity index (χ3v) is 14.8. The number of hydrogen-bond donors (Lipinski definition) is 0. The van der Waals surface area contributed by atoms with Crippen LogP contribution < -0.4 is 25.5 Å². The van der Waals surface area contributed by atoms with E-state index in [1.54, 1.807) is 0 Å². The molecule has 0 N–H and O–H groups in total. The molecular weight excluding hydrogens is 605 g/mol. The number of para-hydroxylation sites is 3. The lowest BCUT2D eigenvalue weighted by atomic mass is 10.1. The highest BCUT2D eigenvalue weighted by Crippen LogP contribution is 2.44. The van der Waals surface area contributed by atoms with Gasteiger partial charge in [0.1, 0.15) is 22.7 Å². The van der Waals surface area contributed by atoms with Crippen molar-refractivity contribution in [1.82, 2.24) is 4.57 Å². The number of benzene rings is 7. The van der Waals surface area contributed by atoms with Gasteiger partial charge in [-0.15, -0.1) is 0 Å². The van der Waals surface area contributed by atoms with Crippen molar-refractivity contribution in [3.05, 3.63) is 169 Å². The van der Waals surface area contributed by atoms with E-state index in [-0.39, 0.29) is 0 Å². The molecule has 5 heteroatoms. The maximum Gasteiger partial charge on any atom is 0.228 e. The Kier molecular flexibility index (Phi) is 5.63. The lowest BCUT2D eigenvalue weighted by molar-refractivity contribution is 0.496. The van der Waals surface area contributed by atoms with Crippen molar-refractivity contribution >= 4 is 78.3 Å². The zero-order valence-corrected chi connectivity index (χ0v) is 26.7. The lowest BCUT2D eigenvalue weighted by Gasteiger charge is -2.40. The minimum atomic E-state index is -2.95. The molecule has 1 aliphatic heterocycles. The second-order valence-electron chi connectivity index (χ2n) is 12.3. The van der Waals surface area contributed by atoms with Crippen LogP contribution in [0.5, 0.6) is 11.5 Å². The predicted octanol–water partition coefficient (Wildman–Crippen LogP) is 8.72. The first-order valence-electron chi connectivity index (χ1n) is 16.1. The van der Waals surface area contributed by atoms with Gasteiger partial charge in [0.25, 0.3) is 0 Å². The first-order valence-corrected chi connectivity index (χ1v) is 18.1. The van der Waals surface area contributed by atoms with E-state index in [4.69, 9.17) is 15.7 Å². The number of nitrogens with zero attached hydrogens (tertiary/aromatic N) is 2. The number of furan rings is 1. The average Bonchev–Trinajstić information content (AvgIpc) is 3.70. The fraction of sp³-hybridized carbons (Fsp3) is 0. The van der Waals surface area contributed by atoms with Gasteiger partial charge >= 0.3 is 0 Å². The van der Waals surface area contributed by atoms with Gasteiger partial charge in [0.15, 0.2) is 8.07 Å². The summed E-state index contributed by atoms with van der Waals surface area (Å²) in [5.74, 6) is 1.50. The van der Waals surface area contributed by atoms with E-state index in [0.29, 0.717) is 11.4 Å². The van der Waals surface area contributed by atoms with Crippen molar-refractivity contribution in [2.45, 2.75) is 0 Å². The molecule has 9 aromatic rings. The Morgan fingerprint density at radius 1 is 0.521 bits per heavy atom. The van der Waals surface area contributed by atoms with Gasteiger partial charge in [-0.2, -0.15) is 0 Å². The van der Waals surface area contributed by atoms with Gasteiger partial charge in [-0.05, 0) is 57.1 Å². The summed E-state index contributed by atoms with van der Waals surface area (Å²) in [6.45, 7) is 8.18. The highest BCUT2D eigenvalue weighted by Gasteiger charge is 2.49. The Labute approximate surface area is 277 Å². The fourth-order valence-electron chi connectivity index (χ4n) is 7.99. The van der Waals surface area contributed by atoms with Gasteiger partial charge in [-0.25, -0.2) is 4.85 Å². The first-order chi connectivity index (χ1) is 23.8. The molecule has 0 saturated heterocycles. The Hall–Kier alpha value is -6.35. The summed E-state index contributed by atoms with van der Waals surface area (Å²) in [6.07, 6.45) is 0. The molecule has 10 rings (SSSR count). The molecule has 4 nitrogen and oxygen atoms in total. The van der Waals surface area contributed by atoms with Crippen LogP contribution in [0.3, 0.4) is 0 Å². The maximum atomic E-state index is 8.18. The van der Waals surface area contributed by atoms with Crippen LogP contribution in [0.4, 0.5) is 5.69 Å². The molecule has 224 valence electrons. The van der Waals surface area contributed by atoms with E-state index >= 15 is 0 Å². The highest BCUT2D eigenvalue weighted by molar-refractivity contribution is 7.21. The third-order valence-electron chi connectivity index (χ3n) is 9.95. The van der Waals surface area contributed by atoms with E-state index in [2.05, 4.69) is 143 Å². The SMILES string of the molecule is [C-]#[N+]c1cccc2c1Oc1c(ccc3c1c1ccccc1n3-c1ccc3oc4ccccc4c3c1)[Si]2(c1ccccc1)c1ccccc1. The molecule has 0 aliphatic carbocycles. The van der Waals surface area contributed by atoms with Crippen molar-refractivity contribution in [2.75, 3.05) is 0 Å². The van der Waals surface area contributed by atoms with E-state index in [1.165, 1.54) is 15.6 Å². The molecule has 0 saturated carbocycles. The van der Waals surface area contributed by atoms with Gasteiger partial charge in [-0.1, -0.05) is 121 Å². The molecule has 1 aliphatic rings. The maximum absolute atomic E-state index is 8.18. The first kappa shape index (κ1) is 26.8. The number of ether oxygens (including phenoxy) is 1. The second-order valence-corrected chi connectivity index (χ2v) is 16.0. The second kappa shape index (κ2) is 10.1. The van der Waals surface area contributed by atoms with Gasteiger partial charge in [0, 0.05) is 21.8 Å². The van der Waals surface area contributed by atoms with Crippen LogP contribution in [0.2, 0.25) is 0 Å². The molecule has 3 heterocycles. The largest absolute Gasteiger partial charge is 0.468 e. The van der Waals surface area contributed by atoms with Crippen LogP contribution >= 0.6 is 0 Å². The number of rotatable bonds is 3. The van der Waals surface area contributed by atoms with Crippen LogP contribution in [-0.2, 0) is 0 Å². The molecule has 0 fully saturated rings. The number of fused-ring (bicyclic) bond motifs is 9. The van der Waals surface area contributed by atoms with E-state index in [9.17, 15) is 0 Å². The molecule has 0 atom stereocenters. The van der Waals surface area contributed by atoms with Crippen LogP contribution in [-0.4, -0.2) is 12.6 Å². The summed E-state index contributed by atoms with van der Waals surface area (Å²) in [5, 5.41) is 9.12. The smallest absolute Gasteiger partial charge is 0.228 e. The van der Waals surface area contributed by atoms with Crippen LogP contribution in [0.15, 0.2) is 162 Å².